The van der Waals surface area contributed by atoms with E-state index in [0.717, 1.165) is 41.8 Å². The second kappa shape index (κ2) is 8.90. The van der Waals surface area contributed by atoms with Crippen LogP contribution < -0.4 is 10.1 Å². The summed E-state index contributed by atoms with van der Waals surface area (Å²) in [7, 11) is 0. The number of nitrogens with one attached hydrogen (secondary N) is 1. The summed E-state index contributed by atoms with van der Waals surface area (Å²) >= 11 is 0. The molecule has 0 spiro atoms. The van der Waals surface area contributed by atoms with Gasteiger partial charge in [0.1, 0.15) is 11.4 Å². The maximum atomic E-state index is 13.1. The van der Waals surface area contributed by atoms with Crippen LogP contribution in [-0.4, -0.2) is 24.7 Å². The van der Waals surface area contributed by atoms with Crippen molar-refractivity contribution >= 4 is 11.6 Å². The van der Waals surface area contributed by atoms with Crippen molar-refractivity contribution < 1.29 is 14.3 Å². The molecular formula is C22H35NO3. The Labute approximate surface area is 158 Å². The Morgan fingerprint density at radius 3 is 2.50 bits per heavy atom. The molecule has 4 nitrogen and oxygen atoms in total. The monoisotopic (exact) mass is 361 g/mol. The van der Waals surface area contributed by atoms with E-state index in [1.165, 1.54) is 6.42 Å². The summed E-state index contributed by atoms with van der Waals surface area (Å²) in [5.41, 5.74) is 2.21. The SMILES string of the molecule is CCOC1(C(=O)Nc2cc(C)c(OCC(C)C)c(C)c2)CCCC(C)C1. The molecule has 0 saturated heterocycles. The second-order valence-corrected chi connectivity index (χ2v) is 8.23. The summed E-state index contributed by atoms with van der Waals surface area (Å²) in [6, 6.07) is 3.99. The molecule has 2 unspecified atom stereocenters. The first-order chi connectivity index (χ1) is 12.3. The molecule has 1 aromatic rings. The standard InChI is InChI=1S/C22H35NO3/c1-7-26-22(10-8-9-16(4)13-22)21(24)23-19-11-17(5)20(18(6)12-19)25-14-15(2)3/h11-12,15-16H,7-10,13-14H2,1-6H3,(H,23,24). The predicted molar refractivity (Wildman–Crippen MR) is 107 cm³/mol. The fourth-order valence-electron chi connectivity index (χ4n) is 3.93. The molecule has 1 aromatic carbocycles. The second-order valence-electron chi connectivity index (χ2n) is 8.23. The molecule has 1 amide bonds. The van der Waals surface area contributed by atoms with E-state index in [-0.39, 0.29) is 5.91 Å². The van der Waals surface area contributed by atoms with Gasteiger partial charge in [0, 0.05) is 12.3 Å². The lowest BCUT2D eigenvalue weighted by molar-refractivity contribution is -0.147. The quantitative estimate of drug-likeness (QED) is 0.720. The fraction of sp³-hybridized carbons (Fsp3) is 0.682. The maximum absolute atomic E-state index is 13.1. The molecule has 2 atom stereocenters. The van der Waals surface area contributed by atoms with Crippen LogP contribution in [0.3, 0.4) is 0 Å². The number of carbonyl (C=O) groups excluding carboxylic acids is 1. The summed E-state index contributed by atoms with van der Waals surface area (Å²) in [4.78, 5) is 13.1. The van der Waals surface area contributed by atoms with Crippen LogP contribution in [0.1, 0.15) is 64.5 Å². The molecule has 1 N–H and O–H groups in total. The van der Waals surface area contributed by atoms with Gasteiger partial charge >= 0.3 is 0 Å². The molecule has 0 heterocycles. The average molecular weight is 362 g/mol. The van der Waals surface area contributed by atoms with Crippen molar-refractivity contribution in [2.75, 3.05) is 18.5 Å². The minimum Gasteiger partial charge on any atom is -0.493 e. The van der Waals surface area contributed by atoms with Crippen molar-refractivity contribution in [2.45, 2.75) is 72.8 Å². The zero-order valence-corrected chi connectivity index (χ0v) is 17.3. The Morgan fingerprint density at radius 1 is 1.31 bits per heavy atom. The topological polar surface area (TPSA) is 47.6 Å². The van der Waals surface area contributed by atoms with Gasteiger partial charge in [-0.05, 0) is 75.1 Å². The highest BCUT2D eigenvalue weighted by atomic mass is 16.5. The lowest BCUT2D eigenvalue weighted by Crippen LogP contribution is -2.48. The minimum absolute atomic E-state index is 0.0134. The van der Waals surface area contributed by atoms with Gasteiger partial charge < -0.3 is 14.8 Å². The lowest BCUT2D eigenvalue weighted by Gasteiger charge is -2.38. The summed E-state index contributed by atoms with van der Waals surface area (Å²) < 4.78 is 11.9. The molecule has 0 aliphatic heterocycles. The first-order valence-electron chi connectivity index (χ1n) is 9.97. The molecule has 146 valence electrons. The Bertz CT molecular complexity index is 599. The van der Waals surface area contributed by atoms with Crippen molar-refractivity contribution in [3.63, 3.8) is 0 Å². The van der Waals surface area contributed by atoms with E-state index in [9.17, 15) is 4.79 Å². The number of anilines is 1. The number of hydrogen-bond acceptors (Lipinski definition) is 3. The van der Waals surface area contributed by atoms with E-state index in [1.54, 1.807) is 0 Å². The molecule has 26 heavy (non-hydrogen) atoms. The number of benzene rings is 1. The molecule has 0 aromatic heterocycles. The van der Waals surface area contributed by atoms with E-state index in [2.05, 4.69) is 26.1 Å². The Balaban J connectivity index is 2.17. The normalized spacial score (nSPS) is 23.1. The van der Waals surface area contributed by atoms with E-state index in [4.69, 9.17) is 9.47 Å². The van der Waals surface area contributed by atoms with Gasteiger partial charge in [0.25, 0.3) is 5.91 Å². The van der Waals surface area contributed by atoms with Crippen LogP contribution in [0.15, 0.2) is 12.1 Å². The van der Waals surface area contributed by atoms with Crippen molar-refractivity contribution in [1.82, 2.24) is 0 Å². The predicted octanol–water partition coefficient (Wildman–Crippen LogP) is 5.26. The highest BCUT2D eigenvalue weighted by Gasteiger charge is 2.42. The summed E-state index contributed by atoms with van der Waals surface area (Å²) in [6.45, 7) is 13.7. The summed E-state index contributed by atoms with van der Waals surface area (Å²) in [5, 5.41) is 3.11. The van der Waals surface area contributed by atoms with Crippen molar-refractivity contribution in [2.24, 2.45) is 11.8 Å². The molecule has 4 heteroatoms. The third-order valence-corrected chi connectivity index (χ3v) is 5.07. The van der Waals surface area contributed by atoms with E-state index in [1.807, 2.05) is 32.9 Å². The summed E-state index contributed by atoms with van der Waals surface area (Å²) in [6.07, 6.45) is 3.79. The Hall–Kier alpha value is -1.55. The van der Waals surface area contributed by atoms with Gasteiger partial charge in [-0.2, -0.15) is 0 Å². The van der Waals surface area contributed by atoms with Crippen LogP contribution >= 0.6 is 0 Å². The van der Waals surface area contributed by atoms with Crippen LogP contribution in [0, 0.1) is 25.7 Å². The van der Waals surface area contributed by atoms with Crippen LogP contribution in [0.5, 0.6) is 5.75 Å². The zero-order valence-electron chi connectivity index (χ0n) is 17.3. The van der Waals surface area contributed by atoms with Gasteiger partial charge in [0.15, 0.2) is 0 Å². The van der Waals surface area contributed by atoms with Crippen LogP contribution in [0.25, 0.3) is 0 Å². The maximum Gasteiger partial charge on any atom is 0.256 e. The van der Waals surface area contributed by atoms with Gasteiger partial charge in [0.2, 0.25) is 0 Å². The van der Waals surface area contributed by atoms with Gasteiger partial charge in [-0.15, -0.1) is 0 Å². The molecule has 1 fully saturated rings. The number of carbonyl (C=O) groups is 1. The Morgan fingerprint density at radius 2 is 1.96 bits per heavy atom. The van der Waals surface area contributed by atoms with Crippen LogP contribution in [-0.2, 0) is 9.53 Å². The molecule has 1 aliphatic rings. The third-order valence-electron chi connectivity index (χ3n) is 5.07. The van der Waals surface area contributed by atoms with E-state index in [0.29, 0.717) is 25.0 Å². The van der Waals surface area contributed by atoms with Gasteiger partial charge in [0.05, 0.1) is 6.61 Å². The number of ether oxygens (including phenoxy) is 2. The van der Waals surface area contributed by atoms with Crippen LogP contribution in [0.2, 0.25) is 0 Å². The minimum atomic E-state index is -0.693. The average Bonchev–Trinajstić information content (AvgIpc) is 2.54. The number of amides is 1. The van der Waals surface area contributed by atoms with Gasteiger partial charge in [-0.25, -0.2) is 0 Å². The fourth-order valence-corrected chi connectivity index (χ4v) is 3.93. The number of aryl methyl sites for hydroxylation is 2. The molecule has 1 saturated carbocycles. The van der Waals surface area contributed by atoms with Crippen molar-refractivity contribution in [3.8, 4) is 5.75 Å². The molecule has 1 aliphatic carbocycles. The van der Waals surface area contributed by atoms with Gasteiger partial charge in [-0.3, -0.25) is 4.79 Å². The molecule has 2 rings (SSSR count). The zero-order chi connectivity index (χ0) is 19.3. The van der Waals surface area contributed by atoms with E-state index < -0.39 is 5.60 Å². The molecule has 0 radical (unpaired) electrons. The van der Waals surface area contributed by atoms with E-state index >= 15 is 0 Å². The van der Waals surface area contributed by atoms with Crippen molar-refractivity contribution in [1.29, 1.82) is 0 Å². The first-order valence-corrected chi connectivity index (χ1v) is 9.97. The Kier molecular flexibility index (Phi) is 7.10. The number of rotatable bonds is 7. The van der Waals surface area contributed by atoms with Crippen molar-refractivity contribution in [3.05, 3.63) is 23.3 Å². The summed E-state index contributed by atoms with van der Waals surface area (Å²) in [5.74, 6) is 1.90. The highest BCUT2D eigenvalue weighted by molar-refractivity contribution is 5.97. The third kappa shape index (κ3) is 5.00. The largest absolute Gasteiger partial charge is 0.493 e. The molecular weight excluding hydrogens is 326 g/mol. The number of hydrogen-bond donors (Lipinski definition) is 1. The highest BCUT2D eigenvalue weighted by Crippen LogP contribution is 2.37. The first kappa shape index (κ1) is 20.8. The molecule has 0 bridgehead atoms. The smallest absolute Gasteiger partial charge is 0.256 e. The van der Waals surface area contributed by atoms with Gasteiger partial charge in [-0.1, -0.05) is 27.2 Å². The lowest BCUT2D eigenvalue weighted by atomic mass is 9.78. The van der Waals surface area contributed by atoms with Crippen LogP contribution in [0.4, 0.5) is 5.69 Å².